The van der Waals surface area contributed by atoms with Gasteiger partial charge in [0.2, 0.25) is 5.91 Å². The lowest BCUT2D eigenvalue weighted by Crippen LogP contribution is -2.10. The van der Waals surface area contributed by atoms with E-state index in [1.54, 1.807) is 12.1 Å². The van der Waals surface area contributed by atoms with Gasteiger partial charge in [0.05, 0.1) is 23.4 Å². The molecule has 0 saturated carbocycles. The molecule has 2 rings (SSSR count). The summed E-state index contributed by atoms with van der Waals surface area (Å²) in [6, 6.07) is 12.6. The van der Waals surface area contributed by atoms with Crippen molar-refractivity contribution in [3.05, 3.63) is 70.3 Å². The van der Waals surface area contributed by atoms with Gasteiger partial charge in [-0.1, -0.05) is 56.6 Å². The number of halogens is 1. The summed E-state index contributed by atoms with van der Waals surface area (Å²) in [5.74, 6) is -0.833. The first kappa shape index (κ1) is 19.7. The van der Waals surface area contributed by atoms with Crippen molar-refractivity contribution < 1.29 is 14.3 Å². The highest BCUT2D eigenvalue weighted by Gasteiger charge is 2.13. The van der Waals surface area contributed by atoms with E-state index in [1.807, 2.05) is 24.3 Å². The van der Waals surface area contributed by atoms with E-state index in [0.29, 0.717) is 16.3 Å². The number of hydrogen-bond donors (Lipinski definition) is 1. The number of carbonyl (C=O) groups excluding carboxylic acids is 2. The van der Waals surface area contributed by atoms with Gasteiger partial charge in [-0.15, -0.1) is 0 Å². The second-order valence-corrected chi connectivity index (χ2v) is 7.29. The number of amides is 1. The standard InChI is InChI=1S/C21H22ClNO3/c1-21(2,3)16-9-5-14(6-10-16)7-12-19(24)23-18-13-15(20(25)26-4)8-11-17(18)22/h5-13H,1-4H3,(H,23,24)/b12-7+. The van der Waals surface area contributed by atoms with Crippen molar-refractivity contribution >= 4 is 35.2 Å². The Morgan fingerprint density at radius 2 is 1.73 bits per heavy atom. The molecule has 0 aliphatic carbocycles. The topological polar surface area (TPSA) is 55.4 Å². The Kier molecular flexibility index (Phi) is 6.22. The predicted molar refractivity (Wildman–Crippen MR) is 106 cm³/mol. The van der Waals surface area contributed by atoms with E-state index >= 15 is 0 Å². The minimum Gasteiger partial charge on any atom is -0.465 e. The molecule has 2 aromatic carbocycles. The molecule has 0 fully saturated rings. The third-order valence-corrected chi connectivity index (χ3v) is 4.18. The van der Waals surface area contributed by atoms with Crippen LogP contribution in [-0.2, 0) is 14.9 Å². The fraction of sp³-hybridized carbons (Fsp3) is 0.238. The van der Waals surface area contributed by atoms with Crippen LogP contribution in [0, 0.1) is 0 Å². The van der Waals surface area contributed by atoms with Crippen LogP contribution in [-0.4, -0.2) is 19.0 Å². The third-order valence-electron chi connectivity index (χ3n) is 3.85. The summed E-state index contributed by atoms with van der Waals surface area (Å²) in [5.41, 5.74) is 2.90. The van der Waals surface area contributed by atoms with E-state index in [1.165, 1.54) is 30.9 Å². The average Bonchev–Trinajstić information content (AvgIpc) is 2.60. The Morgan fingerprint density at radius 1 is 1.08 bits per heavy atom. The van der Waals surface area contributed by atoms with E-state index < -0.39 is 5.97 Å². The number of ether oxygens (including phenoxy) is 1. The molecule has 1 amide bonds. The number of carbonyl (C=O) groups is 2. The summed E-state index contributed by atoms with van der Waals surface area (Å²) in [6.07, 6.45) is 3.15. The van der Waals surface area contributed by atoms with Crippen LogP contribution in [0.5, 0.6) is 0 Å². The first-order chi connectivity index (χ1) is 12.2. The molecule has 0 atom stereocenters. The molecule has 0 saturated heterocycles. The zero-order valence-electron chi connectivity index (χ0n) is 15.3. The molecule has 136 valence electrons. The molecule has 0 unspecified atom stereocenters. The smallest absolute Gasteiger partial charge is 0.337 e. The summed E-state index contributed by atoms with van der Waals surface area (Å²) in [5, 5.41) is 3.01. The van der Waals surface area contributed by atoms with Crippen LogP contribution in [0.2, 0.25) is 5.02 Å². The lowest BCUT2D eigenvalue weighted by molar-refractivity contribution is -0.111. The van der Waals surface area contributed by atoms with E-state index in [-0.39, 0.29) is 11.3 Å². The summed E-state index contributed by atoms with van der Waals surface area (Å²) in [6.45, 7) is 6.45. The molecule has 0 radical (unpaired) electrons. The highest BCUT2D eigenvalue weighted by atomic mass is 35.5. The molecule has 0 aliphatic heterocycles. The fourth-order valence-corrected chi connectivity index (χ4v) is 2.47. The number of methoxy groups -OCH3 is 1. The van der Waals surface area contributed by atoms with Crippen molar-refractivity contribution in [2.75, 3.05) is 12.4 Å². The van der Waals surface area contributed by atoms with Crippen LogP contribution in [0.4, 0.5) is 5.69 Å². The number of esters is 1. The predicted octanol–water partition coefficient (Wildman–Crippen LogP) is 5.08. The molecule has 0 aliphatic rings. The molecular formula is C21H22ClNO3. The normalized spacial score (nSPS) is 11.4. The van der Waals surface area contributed by atoms with E-state index in [9.17, 15) is 9.59 Å². The van der Waals surface area contributed by atoms with Gasteiger partial charge in [0.25, 0.3) is 0 Å². The van der Waals surface area contributed by atoms with Gasteiger partial charge in [-0.25, -0.2) is 4.79 Å². The zero-order valence-corrected chi connectivity index (χ0v) is 16.1. The molecule has 0 spiro atoms. The number of anilines is 1. The maximum Gasteiger partial charge on any atom is 0.337 e. The number of hydrogen-bond acceptors (Lipinski definition) is 3. The van der Waals surface area contributed by atoms with Gasteiger partial charge < -0.3 is 10.1 Å². The Bertz CT molecular complexity index is 833. The monoisotopic (exact) mass is 371 g/mol. The molecule has 2 aromatic rings. The number of nitrogens with one attached hydrogen (secondary N) is 1. The summed E-state index contributed by atoms with van der Waals surface area (Å²) in [4.78, 5) is 23.7. The van der Waals surface area contributed by atoms with Crippen LogP contribution < -0.4 is 5.32 Å². The minimum atomic E-state index is -0.494. The van der Waals surface area contributed by atoms with Crippen LogP contribution in [0.3, 0.4) is 0 Å². The summed E-state index contributed by atoms with van der Waals surface area (Å²) in [7, 11) is 1.29. The second kappa shape index (κ2) is 8.19. The SMILES string of the molecule is COC(=O)c1ccc(Cl)c(NC(=O)/C=C/c2ccc(C(C)(C)C)cc2)c1. The number of benzene rings is 2. The molecular weight excluding hydrogens is 350 g/mol. The summed E-state index contributed by atoms with van der Waals surface area (Å²) < 4.78 is 4.67. The highest BCUT2D eigenvalue weighted by molar-refractivity contribution is 6.34. The van der Waals surface area contributed by atoms with Gasteiger partial charge in [-0.2, -0.15) is 0 Å². The highest BCUT2D eigenvalue weighted by Crippen LogP contribution is 2.24. The second-order valence-electron chi connectivity index (χ2n) is 6.88. The average molecular weight is 372 g/mol. The van der Waals surface area contributed by atoms with Crippen molar-refractivity contribution in [2.24, 2.45) is 0 Å². The molecule has 1 N–H and O–H groups in total. The fourth-order valence-electron chi connectivity index (χ4n) is 2.31. The van der Waals surface area contributed by atoms with Gasteiger partial charge in [0.1, 0.15) is 0 Å². The van der Waals surface area contributed by atoms with Crippen LogP contribution >= 0.6 is 11.6 Å². The molecule has 0 bridgehead atoms. The Morgan fingerprint density at radius 3 is 2.31 bits per heavy atom. The Balaban J connectivity index is 2.09. The van der Waals surface area contributed by atoms with Crippen LogP contribution in [0.25, 0.3) is 6.08 Å². The van der Waals surface area contributed by atoms with Gasteiger partial charge in [-0.3, -0.25) is 4.79 Å². The van der Waals surface area contributed by atoms with Crippen LogP contribution in [0.1, 0.15) is 42.3 Å². The third kappa shape index (κ3) is 5.20. The zero-order chi connectivity index (χ0) is 19.3. The Hall–Kier alpha value is -2.59. The quantitative estimate of drug-likeness (QED) is 0.602. The largest absolute Gasteiger partial charge is 0.465 e. The van der Waals surface area contributed by atoms with Crippen LogP contribution in [0.15, 0.2) is 48.5 Å². The first-order valence-electron chi connectivity index (χ1n) is 8.18. The first-order valence-corrected chi connectivity index (χ1v) is 8.56. The molecule has 4 nitrogen and oxygen atoms in total. The van der Waals surface area contributed by atoms with Gasteiger partial charge in [-0.05, 0) is 40.8 Å². The van der Waals surface area contributed by atoms with Gasteiger partial charge in [0.15, 0.2) is 0 Å². The Labute approximate surface area is 158 Å². The number of rotatable bonds is 4. The molecule has 0 aromatic heterocycles. The maximum absolute atomic E-state index is 12.1. The van der Waals surface area contributed by atoms with E-state index in [4.69, 9.17) is 11.6 Å². The van der Waals surface area contributed by atoms with Crippen molar-refractivity contribution in [2.45, 2.75) is 26.2 Å². The maximum atomic E-state index is 12.1. The molecule has 26 heavy (non-hydrogen) atoms. The lowest BCUT2D eigenvalue weighted by atomic mass is 9.87. The van der Waals surface area contributed by atoms with E-state index in [0.717, 1.165) is 5.56 Å². The van der Waals surface area contributed by atoms with Crippen molar-refractivity contribution in [1.29, 1.82) is 0 Å². The van der Waals surface area contributed by atoms with Crippen molar-refractivity contribution in [1.82, 2.24) is 0 Å². The van der Waals surface area contributed by atoms with Gasteiger partial charge >= 0.3 is 5.97 Å². The molecule has 5 heteroatoms. The summed E-state index contributed by atoms with van der Waals surface area (Å²) >= 11 is 6.07. The lowest BCUT2D eigenvalue weighted by Gasteiger charge is -2.18. The van der Waals surface area contributed by atoms with Crippen molar-refractivity contribution in [3.8, 4) is 0 Å². The molecule has 0 heterocycles. The van der Waals surface area contributed by atoms with Gasteiger partial charge in [0, 0.05) is 6.08 Å². The van der Waals surface area contributed by atoms with Crippen molar-refractivity contribution in [3.63, 3.8) is 0 Å². The minimum absolute atomic E-state index is 0.0843. The van der Waals surface area contributed by atoms with E-state index in [2.05, 4.69) is 30.8 Å².